The fraction of sp³-hybridized carbons (Fsp3) is 0.154. The number of aromatic nitrogens is 1. The van der Waals surface area contributed by atoms with Crippen LogP contribution in [0.2, 0.25) is 0 Å². The summed E-state index contributed by atoms with van der Waals surface area (Å²) in [6.07, 6.45) is 1.57. The van der Waals surface area contributed by atoms with E-state index in [0.29, 0.717) is 11.6 Å². The number of benzene rings is 1. The Kier molecular flexibility index (Phi) is 3.14. The van der Waals surface area contributed by atoms with Crippen molar-refractivity contribution >= 4 is 5.69 Å². The van der Waals surface area contributed by atoms with Crippen LogP contribution in [0.1, 0.15) is 0 Å². The highest BCUT2D eigenvalue weighted by Gasteiger charge is 2.08. The summed E-state index contributed by atoms with van der Waals surface area (Å²) in [5.41, 5.74) is 8.15. The van der Waals surface area contributed by atoms with Crippen LogP contribution < -0.4 is 15.2 Å². The SMILES string of the molecule is COc1cccc(-c2cc(N)cnc2OC)c1. The third kappa shape index (κ3) is 2.30. The van der Waals surface area contributed by atoms with Gasteiger partial charge in [0, 0.05) is 5.56 Å². The molecule has 0 bridgehead atoms. The summed E-state index contributed by atoms with van der Waals surface area (Å²) in [5.74, 6) is 1.33. The van der Waals surface area contributed by atoms with Gasteiger partial charge in [0.2, 0.25) is 5.88 Å². The van der Waals surface area contributed by atoms with E-state index in [0.717, 1.165) is 16.9 Å². The Morgan fingerprint density at radius 2 is 1.94 bits per heavy atom. The standard InChI is InChI=1S/C13H14N2O2/c1-16-11-5-3-4-9(6-11)12-7-10(14)8-15-13(12)17-2/h3-8H,14H2,1-2H3. The first-order chi connectivity index (χ1) is 8.24. The second-order valence-electron chi connectivity index (χ2n) is 3.56. The van der Waals surface area contributed by atoms with E-state index < -0.39 is 0 Å². The van der Waals surface area contributed by atoms with Gasteiger partial charge < -0.3 is 15.2 Å². The molecular weight excluding hydrogens is 216 g/mol. The minimum Gasteiger partial charge on any atom is -0.497 e. The van der Waals surface area contributed by atoms with E-state index in [1.165, 1.54) is 0 Å². The van der Waals surface area contributed by atoms with E-state index in [1.807, 2.05) is 30.3 Å². The Balaban J connectivity index is 2.54. The zero-order chi connectivity index (χ0) is 12.3. The molecule has 0 radical (unpaired) electrons. The van der Waals surface area contributed by atoms with Crippen LogP contribution in [0.25, 0.3) is 11.1 Å². The van der Waals surface area contributed by atoms with Gasteiger partial charge in [0.15, 0.2) is 0 Å². The van der Waals surface area contributed by atoms with Crippen LogP contribution in [0.3, 0.4) is 0 Å². The van der Waals surface area contributed by atoms with Crippen molar-refractivity contribution < 1.29 is 9.47 Å². The lowest BCUT2D eigenvalue weighted by Gasteiger charge is -2.09. The molecule has 2 aromatic rings. The largest absolute Gasteiger partial charge is 0.497 e. The lowest BCUT2D eigenvalue weighted by molar-refractivity contribution is 0.399. The van der Waals surface area contributed by atoms with Gasteiger partial charge in [0.1, 0.15) is 5.75 Å². The summed E-state index contributed by atoms with van der Waals surface area (Å²) in [6, 6.07) is 9.51. The Labute approximate surface area is 100 Å². The van der Waals surface area contributed by atoms with Crippen molar-refractivity contribution in [2.24, 2.45) is 0 Å². The van der Waals surface area contributed by atoms with Gasteiger partial charge in [-0.1, -0.05) is 12.1 Å². The van der Waals surface area contributed by atoms with E-state index in [2.05, 4.69) is 4.98 Å². The fourth-order valence-electron chi connectivity index (χ4n) is 1.63. The zero-order valence-corrected chi connectivity index (χ0v) is 9.81. The Hall–Kier alpha value is -2.23. The van der Waals surface area contributed by atoms with Crippen molar-refractivity contribution in [3.8, 4) is 22.8 Å². The van der Waals surface area contributed by atoms with Crippen LogP contribution in [-0.2, 0) is 0 Å². The predicted molar refractivity (Wildman–Crippen MR) is 67.2 cm³/mol. The van der Waals surface area contributed by atoms with Crippen LogP contribution in [0, 0.1) is 0 Å². The van der Waals surface area contributed by atoms with Crippen molar-refractivity contribution in [1.29, 1.82) is 0 Å². The van der Waals surface area contributed by atoms with Crippen molar-refractivity contribution in [3.63, 3.8) is 0 Å². The van der Waals surface area contributed by atoms with Crippen LogP contribution in [-0.4, -0.2) is 19.2 Å². The first kappa shape index (κ1) is 11.3. The maximum Gasteiger partial charge on any atom is 0.221 e. The number of hydrogen-bond acceptors (Lipinski definition) is 4. The Bertz CT molecular complexity index is 527. The number of nitrogen functional groups attached to an aromatic ring is 1. The molecule has 0 amide bonds. The molecule has 1 aromatic carbocycles. The molecule has 0 atom stereocenters. The molecule has 2 rings (SSSR count). The van der Waals surface area contributed by atoms with Gasteiger partial charge in [0.05, 0.1) is 26.1 Å². The van der Waals surface area contributed by atoms with Crippen molar-refractivity contribution in [2.75, 3.05) is 20.0 Å². The van der Waals surface area contributed by atoms with Gasteiger partial charge in [-0.25, -0.2) is 4.98 Å². The molecular formula is C13H14N2O2. The number of hydrogen-bond donors (Lipinski definition) is 1. The highest BCUT2D eigenvalue weighted by atomic mass is 16.5. The number of nitrogens with zero attached hydrogens (tertiary/aromatic N) is 1. The van der Waals surface area contributed by atoms with Crippen LogP contribution in [0.15, 0.2) is 36.5 Å². The van der Waals surface area contributed by atoms with Crippen molar-refractivity contribution in [3.05, 3.63) is 36.5 Å². The summed E-state index contributed by atoms with van der Waals surface area (Å²) in [7, 11) is 3.22. The molecule has 88 valence electrons. The summed E-state index contributed by atoms with van der Waals surface area (Å²) in [6.45, 7) is 0. The summed E-state index contributed by atoms with van der Waals surface area (Å²) >= 11 is 0. The highest BCUT2D eigenvalue weighted by molar-refractivity contribution is 5.72. The smallest absolute Gasteiger partial charge is 0.221 e. The Morgan fingerprint density at radius 3 is 2.65 bits per heavy atom. The van der Waals surface area contributed by atoms with E-state index in [9.17, 15) is 0 Å². The summed E-state index contributed by atoms with van der Waals surface area (Å²) < 4.78 is 10.4. The maximum absolute atomic E-state index is 5.74. The normalized spacial score (nSPS) is 10.0. The van der Waals surface area contributed by atoms with E-state index in [-0.39, 0.29) is 0 Å². The lowest BCUT2D eigenvalue weighted by Crippen LogP contribution is -1.95. The number of anilines is 1. The van der Waals surface area contributed by atoms with E-state index in [4.69, 9.17) is 15.2 Å². The van der Waals surface area contributed by atoms with Gasteiger partial charge in [-0.05, 0) is 23.8 Å². The number of rotatable bonds is 3. The average molecular weight is 230 g/mol. The molecule has 4 heteroatoms. The molecule has 0 unspecified atom stereocenters. The maximum atomic E-state index is 5.74. The average Bonchev–Trinajstić information content (AvgIpc) is 2.39. The fourth-order valence-corrected chi connectivity index (χ4v) is 1.63. The van der Waals surface area contributed by atoms with E-state index >= 15 is 0 Å². The van der Waals surface area contributed by atoms with Gasteiger partial charge in [-0.15, -0.1) is 0 Å². The monoisotopic (exact) mass is 230 g/mol. The lowest BCUT2D eigenvalue weighted by atomic mass is 10.1. The number of pyridine rings is 1. The van der Waals surface area contributed by atoms with Gasteiger partial charge in [-0.2, -0.15) is 0 Å². The second-order valence-corrected chi connectivity index (χ2v) is 3.56. The first-order valence-corrected chi connectivity index (χ1v) is 5.18. The first-order valence-electron chi connectivity index (χ1n) is 5.18. The second kappa shape index (κ2) is 4.74. The predicted octanol–water partition coefficient (Wildman–Crippen LogP) is 2.35. The molecule has 2 N–H and O–H groups in total. The Morgan fingerprint density at radius 1 is 1.12 bits per heavy atom. The van der Waals surface area contributed by atoms with Gasteiger partial charge in [0.25, 0.3) is 0 Å². The molecule has 0 fully saturated rings. The molecule has 1 aromatic heterocycles. The molecule has 17 heavy (non-hydrogen) atoms. The third-order valence-electron chi connectivity index (χ3n) is 2.45. The summed E-state index contributed by atoms with van der Waals surface area (Å²) in [4.78, 5) is 4.14. The third-order valence-corrected chi connectivity index (χ3v) is 2.45. The number of ether oxygens (including phenoxy) is 2. The van der Waals surface area contributed by atoms with E-state index in [1.54, 1.807) is 20.4 Å². The van der Waals surface area contributed by atoms with Crippen LogP contribution >= 0.6 is 0 Å². The molecule has 0 spiro atoms. The minimum absolute atomic E-state index is 0.549. The quantitative estimate of drug-likeness (QED) is 0.879. The van der Waals surface area contributed by atoms with Gasteiger partial charge >= 0.3 is 0 Å². The molecule has 4 nitrogen and oxygen atoms in total. The number of methoxy groups -OCH3 is 2. The van der Waals surface area contributed by atoms with Crippen molar-refractivity contribution in [1.82, 2.24) is 4.98 Å². The van der Waals surface area contributed by atoms with Gasteiger partial charge in [-0.3, -0.25) is 0 Å². The number of nitrogens with two attached hydrogens (primary N) is 1. The molecule has 0 saturated carbocycles. The summed E-state index contributed by atoms with van der Waals surface area (Å²) in [5, 5.41) is 0. The zero-order valence-electron chi connectivity index (χ0n) is 9.81. The van der Waals surface area contributed by atoms with Crippen LogP contribution in [0.4, 0.5) is 5.69 Å². The highest BCUT2D eigenvalue weighted by Crippen LogP contribution is 2.31. The van der Waals surface area contributed by atoms with Crippen molar-refractivity contribution in [2.45, 2.75) is 0 Å². The molecule has 1 heterocycles. The van der Waals surface area contributed by atoms with Crippen LogP contribution in [0.5, 0.6) is 11.6 Å². The molecule has 0 aliphatic heterocycles. The topological polar surface area (TPSA) is 57.4 Å². The molecule has 0 aliphatic carbocycles. The minimum atomic E-state index is 0.549. The molecule has 0 aliphatic rings. The molecule has 0 saturated heterocycles.